The lowest BCUT2D eigenvalue weighted by Crippen LogP contribution is -2.30. The zero-order valence-electron chi connectivity index (χ0n) is 16.9. The number of hydrogen-bond acceptors (Lipinski definition) is 5. The van der Waals surface area contributed by atoms with Gasteiger partial charge in [0.05, 0.1) is 18.0 Å². The number of fused-ring (bicyclic) bond motifs is 1. The van der Waals surface area contributed by atoms with E-state index in [9.17, 15) is 13.2 Å². The number of sulfone groups is 1. The maximum absolute atomic E-state index is 13.5. The van der Waals surface area contributed by atoms with Crippen LogP contribution in [0.4, 0.5) is 5.13 Å². The van der Waals surface area contributed by atoms with Crippen LogP contribution in [0.25, 0.3) is 0 Å². The molecule has 30 heavy (non-hydrogen) atoms. The number of nitrogens with zero attached hydrogens (tertiary/aromatic N) is 2. The Bertz CT molecular complexity index is 1130. The van der Waals surface area contributed by atoms with Crippen molar-refractivity contribution in [1.82, 2.24) is 4.98 Å². The van der Waals surface area contributed by atoms with Gasteiger partial charge >= 0.3 is 0 Å². The van der Waals surface area contributed by atoms with Gasteiger partial charge in [-0.25, -0.2) is 13.4 Å². The van der Waals surface area contributed by atoms with Gasteiger partial charge in [0, 0.05) is 16.7 Å². The first kappa shape index (κ1) is 20.8. The molecule has 0 spiro atoms. The average molecular weight is 441 g/mol. The summed E-state index contributed by atoms with van der Waals surface area (Å²) >= 11 is 1.60. The van der Waals surface area contributed by atoms with Crippen LogP contribution in [0.15, 0.2) is 54.6 Å². The molecule has 0 saturated heterocycles. The van der Waals surface area contributed by atoms with Crippen LogP contribution < -0.4 is 4.90 Å². The van der Waals surface area contributed by atoms with E-state index in [1.807, 2.05) is 30.3 Å². The van der Waals surface area contributed by atoms with Crippen LogP contribution in [-0.4, -0.2) is 25.6 Å². The van der Waals surface area contributed by atoms with Crippen molar-refractivity contribution in [3.8, 4) is 0 Å². The predicted octanol–water partition coefficient (Wildman–Crippen LogP) is 4.41. The molecule has 7 heteroatoms. The molecule has 2 aromatic carbocycles. The van der Waals surface area contributed by atoms with Crippen molar-refractivity contribution in [2.75, 3.05) is 11.2 Å². The van der Waals surface area contributed by atoms with Crippen molar-refractivity contribution in [1.29, 1.82) is 0 Å². The number of aryl methyl sites for hydroxylation is 2. The lowest BCUT2D eigenvalue weighted by atomic mass is 10.0. The quantitative estimate of drug-likeness (QED) is 0.569. The molecule has 156 valence electrons. The fraction of sp³-hybridized carbons (Fsp3) is 0.304. The molecule has 5 nitrogen and oxygen atoms in total. The number of benzene rings is 2. The predicted molar refractivity (Wildman–Crippen MR) is 121 cm³/mol. The van der Waals surface area contributed by atoms with Gasteiger partial charge < -0.3 is 0 Å². The fourth-order valence-electron chi connectivity index (χ4n) is 3.70. The second kappa shape index (κ2) is 8.70. The monoisotopic (exact) mass is 440 g/mol. The number of rotatable bonds is 6. The molecule has 0 unspecified atom stereocenters. The van der Waals surface area contributed by atoms with Gasteiger partial charge in [-0.3, -0.25) is 9.69 Å². The molecular weight excluding hydrogens is 416 g/mol. The second-order valence-corrected chi connectivity index (χ2v) is 10.9. The van der Waals surface area contributed by atoms with E-state index in [0.717, 1.165) is 36.9 Å². The highest BCUT2D eigenvalue weighted by Gasteiger charge is 2.25. The largest absolute Gasteiger partial charge is 0.279 e. The molecule has 0 aliphatic heterocycles. The highest BCUT2D eigenvalue weighted by atomic mass is 32.2. The van der Waals surface area contributed by atoms with Gasteiger partial charge in [-0.15, -0.1) is 11.3 Å². The zero-order chi connectivity index (χ0) is 21.1. The van der Waals surface area contributed by atoms with Gasteiger partial charge in [-0.1, -0.05) is 42.5 Å². The topological polar surface area (TPSA) is 67.3 Å². The van der Waals surface area contributed by atoms with E-state index in [2.05, 4.69) is 0 Å². The number of carbonyl (C=O) groups excluding carboxylic acids is 1. The van der Waals surface area contributed by atoms with Gasteiger partial charge in [0.2, 0.25) is 0 Å². The number of aromatic nitrogens is 1. The Morgan fingerprint density at radius 1 is 1.03 bits per heavy atom. The van der Waals surface area contributed by atoms with E-state index in [-0.39, 0.29) is 11.7 Å². The number of carbonyl (C=O) groups is 1. The van der Waals surface area contributed by atoms with Crippen molar-refractivity contribution in [3.05, 3.63) is 81.9 Å². The molecule has 0 N–H and O–H groups in total. The van der Waals surface area contributed by atoms with Crippen LogP contribution in [-0.2, 0) is 35.0 Å². The lowest BCUT2D eigenvalue weighted by molar-refractivity contribution is 0.0985. The maximum atomic E-state index is 13.5. The number of anilines is 1. The van der Waals surface area contributed by atoms with E-state index >= 15 is 0 Å². The Morgan fingerprint density at radius 2 is 1.77 bits per heavy atom. The molecule has 1 aliphatic carbocycles. The van der Waals surface area contributed by atoms with Gasteiger partial charge in [-0.2, -0.15) is 0 Å². The standard InChI is InChI=1S/C23H24N2O3S2/c1-30(27,28)16-18-10-7-11-19(14-18)22(26)25(15-17-8-3-2-4-9-17)23-24-20-12-5-6-13-21(20)29-23/h2-4,7-11,14H,5-6,12-13,15-16H2,1H3. The van der Waals surface area contributed by atoms with Crippen LogP contribution in [0.1, 0.15) is 44.9 Å². The Kier molecular flexibility index (Phi) is 6.01. The molecule has 0 saturated carbocycles. The summed E-state index contributed by atoms with van der Waals surface area (Å²) in [5, 5.41) is 0.712. The molecule has 1 aromatic heterocycles. The molecule has 1 amide bonds. The summed E-state index contributed by atoms with van der Waals surface area (Å²) in [5.74, 6) is -0.251. The number of thiazole rings is 1. The minimum Gasteiger partial charge on any atom is -0.279 e. The average Bonchev–Trinajstić information content (AvgIpc) is 3.15. The van der Waals surface area contributed by atoms with Crippen molar-refractivity contribution in [3.63, 3.8) is 0 Å². The SMILES string of the molecule is CS(=O)(=O)Cc1cccc(C(=O)N(Cc2ccccc2)c2nc3c(s2)CCCC3)c1. The molecular formula is C23H24N2O3S2. The first-order valence-electron chi connectivity index (χ1n) is 10.00. The molecule has 3 aromatic rings. The van der Waals surface area contributed by atoms with Crippen LogP contribution in [0.2, 0.25) is 0 Å². The molecule has 4 rings (SSSR count). The summed E-state index contributed by atoms with van der Waals surface area (Å²) in [7, 11) is -3.18. The molecule has 0 bridgehead atoms. The lowest BCUT2D eigenvalue weighted by Gasteiger charge is -2.20. The van der Waals surface area contributed by atoms with Crippen LogP contribution >= 0.6 is 11.3 Å². The van der Waals surface area contributed by atoms with Crippen molar-refractivity contribution in [2.24, 2.45) is 0 Å². The fourth-order valence-corrected chi connectivity index (χ4v) is 5.63. The normalized spacial score (nSPS) is 13.6. The van der Waals surface area contributed by atoms with E-state index in [0.29, 0.717) is 22.8 Å². The first-order valence-corrected chi connectivity index (χ1v) is 12.9. The summed E-state index contributed by atoms with van der Waals surface area (Å²) < 4.78 is 23.4. The Morgan fingerprint density at radius 3 is 2.50 bits per heavy atom. The molecule has 0 fully saturated rings. The van der Waals surface area contributed by atoms with Gasteiger partial charge in [0.25, 0.3) is 5.91 Å². The maximum Gasteiger partial charge on any atom is 0.260 e. The highest BCUT2D eigenvalue weighted by molar-refractivity contribution is 7.89. The van der Waals surface area contributed by atoms with Crippen LogP contribution in [0.3, 0.4) is 0 Å². The van der Waals surface area contributed by atoms with Crippen molar-refractivity contribution < 1.29 is 13.2 Å². The van der Waals surface area contributed by atoms with Gasteiger partial charge in [0.15, 0.2) is 15.0 Å². The van der Waals surface area contributed by atoms with Crippen LogP contribution in [0, 0.1) is 0 Å². The Hall–Kier alpha value is -2.51. The minimum atomic E-state index is -3.18. The molecule has 1 heterocycles. The zero-order valence-corrected chi connectivity index (χ0v) is 18.5. The summed E-state index contributed by atoms with van der Waals surface area (Å²) in [5.41, 5.74) is 3.21. The van der Waals surface area contributed by atoms with E-state index < -0.39 is 9.84 Å². The summed E-state index contributed by atoms with van der Waals surface area (Å²) in [6.07, 6.45) is 5.47. The molecule has 0 atom stereocenters. The van der Waals surface area contributed by atoms with Gasteiger partial charge in [-0.05, 0) is 48.9 Å². The highest BCUT2D eigenvalue weighted by Crippen LogP contribution is 2.33. The Balaban J connectivity index is 1.69. The van der Waals surface area contributed by atoms with Crippen LogP contribution in [0.5, 0.6) is 0 Å². The summed E-state index contributed by atoms with van der Waals surface area (Å²) in [6.45, 7) is 0.419. The van der Waals surface area contributed by atoms with E-state index in [1.54, 1.807) is 40.5 Å². The smallest absolute Gasteiger partial charge is 0.260 e. The summed E-state index contributed by atoms with van der Waals surface area (Å²) in [6, 6.07) is 16.7. The van der Waals surface area contributed by atoms with Crippen molar-refractivity contribution >= 4 is 32.2 Å². The van der Waals surface area contributed by atoms with Gasteiger partial charge in [0.1, 0.15) is 0 Å². The third-order valence-corrected chi connectivity index (χ3v) is 7.13. The summed E-state index contributed by atoms with van der Waals surface area (Å²) in [4.78, 5) is 21.3. The number of hydrogen-bond donors (Lipinski definition) is 0. The second-order valence-electron chi connectivity index (χ2n) is 7.72. The number of amides is 1. The first-order chi connectivity index (χ1) is 14.4. The van der Waals surface area contributed by atoms with E-state index in [1.165, 1.54) is 11.1 Å². The van der Waals surface area contributed by atoms with Crippen molar-refractivity contribution in [2.45, 2.75) is 38.0 Å². The van der Waals surface area contributed by atoms with E-state index in [4.69, 9.17) is 4.98 Å². The molecule has 1 aliphatic rings. The molecule has 0 radical (unpaired) electrons. The third kappa shape index (κ3) is 4.96. The minimum absolute atomic E-state index is 0.0850. The Labute approximate surface area is 181 Å². The third-order valence-electron chi connectivity index (χ3n) is 5.10.